The molecule has 1 amide bonds. The summed E-state index contributed by atoms with van der Waals surface area (Å²) in [5, 5.41) is 1.17. The van der Waals surface area contributed by atoms with Gasteiger partial charge in [0, 0.05) is 55.8 Å². The van der Waals surface area contributed by atoms with Gasteiger partial charge >= 0.3 is 0 Å². The number of nitrogens with one attached hydrogen (secondary N) is 1. The summed E-state index contributed by atoms with van der Waals surface area (Å²) in [5.74, 6) is 0.120. The number of fused-ring (bicyclic) bond motifs is 3. The Hall–Kier alpha value is -2.69. The Morgan fingerprint density at radius 1 is 1.32 bits per heavy atom. The number of carbonyl (C=O) groups excluding carboxylic acids is 1. The van der Waals surface area contributed by atoms with Gasteiger partial charge in [0.25, 0.3) is 0 Å². The highest BCUT2D eigenvalue weighted by Gasteiger charge is 2.22. The molecule has 0 bridgehead atoms. The first-order chi connectivity index (χ1) is 10.7. The Morgan fingerprint density at radius 3 is 2.91 bits per heavy atom. The molecule has 1 N–H and O–H groups in total. The van der Waals surface area contributed by atoms with E-state index in [0.717, 1.165) is 35.3 Å². The number of H-pyrrole nitrogens is 1. The van der Waals surface area contributed by atoms with Gasteiger partial charge in [0.1, 0.15) is 5.65 Å². The van der Waals surface area contributed by atoms with Crippen LogP contribution in [0.5, 0.6) is 0 Å². The van der Waals surface area contributed by atoms with Crippen molar-refractivity contribution in [3.63, 3.8) is 0 Å². The van der Waals surface area contributed by atoms with Crippen LogP contribution < -0.4 is 0 Å². The predicted octanol–water partition coefficient (Wildman–Crippen LogP) is 2.53. The maximum absolute atomic E-state index is 11.6. The van der Waals surface area contributed by atoms with E-state index in [-0.39, 0.29) is 5.91 Å². The lowest BCUT2D eigenvalue weighted by molar-refractivity contribution is -0.129. The van der Waals surface area contributed by atoms with Crippen molar-refractivity contribution in [2.45, 2.75) is 19.9 Å². The maximum atomic E-state index is 11.6. The van der Waals surface area contributed by atoms with Gasteiger partial charge in [0.2, 0.25) is 5.91 Å². The monoisotopic (exact) mass is 292 g/mol. The fourth-order valence-corrected chi connectivity index (χ4v) is 3.18. The van der Waals surface area contributed by atoms with Crippen molar-refractivity contribution in [2.75, 3.05) is 6.54 Å². The minimum Gasteiger partial charge on any atom is -0.346 e. The fraction of sp³-hybridized carbons (Fsp3) is 0.235. The topological polar surface area (TPSA) is 61.9 Å². The van der Waals surface area contributed by atoms with Crippen molar-refractivity contribution < 1.29 is 4.79 Å². The summed E-state index contributed by atoms with van der Waals surface area (Å²) in [6.45, 7) is 3.03. The quantitative estimate of drug-likeness (QED) is 0.749. The third-order valence-electron chi connectivity index (χ3n) is 4.33. The van der Waals surface area contributed by atoms with Crippen molar-refractivity contribution in [3.8, 4) is 11.1 Å². The van der Waals surface area contributed by atoms with E-state index in [2.05, 4.69) is 15.0 Å². The number of rotatable bonds is 1. The average Bonchev–Trinajstić information content (AvgIpc) is 2.99. The lowest BCUT2D eigenvalue weighted by Gasteiger charge is -2.28. The first kappa shape index (κ1) is 13.0. The molecule has 0 atom stereocenters. The molecule has 0 aliphatic carbocycles. The van der Waals surface area contributed by atoms with Gasteiger partial charge in [-0.1, -0.05) is 0 Å². The van der Waals surface area contributed by atoms with Gasteiger partial charge in [-0.2, -0.15) is 0 Å². The second-order valence-corrected chi connectivity index (χ2v) is 5.61. The van der Waals surface area contributed by atoms with Crippen LogP contribution in [-0.4, -0.2) is 32.3 Å². The Balaban J connectivity index is 1.89. The number of aromatic amines is 1. The molecule has 1 aliphatic heterocycles. The second-order valence-electron chi connectivity index (χ2n) is 5.61. The molecular weight excluding hydrogens is 276 g/mol. The Kier molecular flexibility index (Phi) is 2.92. The molecule has 0 fully saturated rings. The van der Waals surface area contributed by atoms with Crippen LogP contribution in [0.2, 0.25) is 0 Å². The standard InChI is InChI=1S/C17H16N4O/c1-11(22)21-7-4-14-13(10-21)8-19-17-16(14)15(9-20-17)12-2-5-18-6-3-12/h2-3,5-6,8-9H,4,7,10H2,1H3,(H,19,20). The van der Waals surface area contributed by atoms with Gasteiger partial charge in [-0.05, 0) is 35.2 Å². The molecule has 3 aromatic rings. The highest BCUT2D eigenvalue weighted by atomic mass is 16.2. The summed E-state index contributed by atoms with van der Waals surface area (Å²) in [7, 11) is 0. The van der Waals surface area contributed by atoms with Crippen LogP contribution in [0.25, 0.3) is 22.2 Å². The van der Waals surface area contributed by atoms with Crippen LogP contribution in [0.4, 0.5) is 0 Å². The Morgan fingerprint density at radius 2 is 2.14 bits per heavy atom. The zero-order valence-corrected chi connectivity index (χ0v) is 12.3. The summed E-state index contributed by atoms with van der Waals surface area (Å²) >= 11 is 0. The van der Waals surface area contributed by atoms with Crippen molar-refractivity contribution in [1.29, 1.82) is 0 Å². The number of hydrogen-bond acceptors (Lipinski definition) is 3. The maximum Gasteiger partial charge on any atom is 0.219 e. The molecule has 4 heterocycles. The number of hydrogen-bond donors (Lipinski definition) is 1. The number of pyridine rings is 2. The van der Waals surface area contributed by atoms with Crippen molar-refractivity contribution in [1.82, 2.24) is 19.9 Å². The lowest BCUT2D eigenvalue weighted by Crippen LogP contribution is -2.34. The third kappa shape index (κ3) is 1.97. The number of nitrogens with zero attached hydrogens (tertiary/aromatic N) is 3. The largest absolute Gasteiger partial charge is 0.346 e. The molecule has 1 aliphatic rings. The van der Waals surface area contributed by atoms with Crippen molar-refractivity contribution in [3.05, 3.63) is 48.0 Å². The molecule has 110 valence electrons. The van der Waals surface area contributed by atoms with E-state index in [9.17, 15) is 4.79 Å². The average molecular weight is 292 g/mol. The van der Waals surface area contributed by atoms with Gasteiger partial charge in [-0.25, -0.2) is 4.98 Å². The van der Waals surface area contributed by atoms with Crippen molar-refractivity contribution >= 4 is 16.9 Å². The molecule has 5 nitrogen and oxygen atoms in total. The minimum absolute atomic E-state index is 0.120. The first-order valence-electron chi connectivity index (χ1n) is 7.38. The van der Waals surface area contributed by atoms with E-state index >= 15 is 0 Å². The highest BCUT2D eigenvalue weighted by molar-refractivity contribution is 5.96. The van der Waals surface area contributed by atoms with Crippen LogP contribution in [0.15, 0.2) is 36.9 Å². The van der Waals surface area contributed by atoms with Crippen molar-refractivity contribution in [2.24, 2.45) is 0 Å². The Bertz CT molecular complexity index is 854. The zero-order chi connectivity index (χ0) is 15.1. The van der Waals surface area contributed by atoms with Gasteiger partial charge < -0.3 is 9.88 Å². The summed E-state index contributed by atoms with van der Waals surface area (Å²) < 4.78 is 0. The molecule has 0 radical (unpaired) electrons. The number of carbonyl (C=O) groups is 1. The molecule has 0 saturated heterocycles. The number of amides is 1. The molecule has 0 aromatic carbocycles. The third-order valence-corrected chi connectivity index (χ3v) is 4.33. The zero-order valence-electron chi connectivity index (χ0n) is 12.3. The molecule has 0 saturated carbocycles. The van der Waals surface area contributed by atoms with Gasteiger partial charge in [0.05, 0.1) is 0 Å². The van der Waals surface area contributed by atoms with E-state index in [4.69, 9.17) is 0 Å². The van der Waals surface area contributed by atoms with Crippen LogP contribution in [-0.2, 0) is 17.8 Å². The lowest BCUT2D eigenvalue weighted by atomic mass is 9.95. The summed E-state index contributed by atoms with van der Waals surface area (Å²) in [5.41, 5.74) is 5.63. The SMILES string of the molecule is CC(=O)N1CCc2c(cnc3[nH]cc(-c4ccncc4)c23)C1. The summed E-state index contributed by atoms with van der Waals surface area (Å²) in [4.78, 5) is 25.3. The molecule has 0 spiro atoms. The summed E-state index contributed by atoms with van der Waals surface area (Å²) in [6, 6.07) is 4.01. The normalized spacial score (nSPS) is 14.1. The van der Waals surface area contributed by atoms with Gasteiger partial charge in [-0.3, -0.25) is 9.78 Å². The summed E-state index contributed by atoms with van der Waals surface area (Å²) in [6.07, 6.45) is 8.36. The number of aromatic nitrogens is 3. The fourth-order valence-electron chi connectivity index (χ4n) is 3.18. The minimum atomic E-state index is 0.120. The highest BCUT2D eigenvalue weighted by Crippen LogP contribution is 2.33. The molecule has 4 rings (SSSR count). The van der Waals surface area contributed by atoms with Gasteiger partial charge in [0.15, 0.2) is 0 Å². The van der Waals surface area contributed by atoms with Crippen LogP contribution >= 0.6 is 0 Å². The van der Waals surface area contributed by atoms with Crippen LogP contribution in [0.1, 0.15) is 18.1 Å². The molecule has 0 unspecified atom stereocenters. The van der Waals surface area contributed by atoms with E-state index in [1.54, 1.807) is 19.3 Å². The predicted molar refractivity (Wildman–Crippen MR) is 84.1 cm³/mol. The van der Waals surface area contributed by atoms with E-state index in [1.807, 2.05) is 29.4 Å². The smallest absolute Gasteiger partial charge is 0.219 e. The van der Waals surface area contributed by atoms with Crippen LogP contribution in [0, 0.1) is 0 Å². The van der Waals surface area contributed by atoms with Crippen LogP contribution in [0.3, 0.4) is 0 Å². The van der Waals surface area contributed by atoms with E-state index in [0.29, 0.717) is 6.54 Å². The van der Waals surface area contributed by atoms with E-state index in [1.165, 1.54) is 10.9 Å². The molecule has 3 aromatic heterocycles. The molecular formula is C17H16N4O. The van der Waals surface area contributed by atoms with E-state index < -0.39 is 0 Å². The molecule has 22 heavy (non-hydrogen) atoms. The van der Waals surface area contributed by atoms with Gasteiger partial charge in [-0.15, -0.1) is 0 Å². The second kappa shape index (κ2) is 4.94. The molecule has 5 heteroatoms. The first-order valence-corrected chi connectivity index (χ1v) is 7.38. The Labute approximate surface area is 128 Å².